The minimum Gasteiger partial charge on any atom is -0.383 e. The van der Waals surface area contributed by atoms with Gasteiger partial charge < -0.3 is 15.8 Å². The van der Waals surface area contributed by atoms with Gasteiger partial charge in [0.2, 0.25) is 15.9 Å². The van der Waals surface area contributed by atoms with Gasteiger partial charge in [0, 0.05) is 26.7 Å². The minimum atomic E-state index is -3.47. The van der Waals surface area contributed by atoms with Crippen molar-refractivity contribution in [1.29, 1.82) is 0 Å². The van der Waals surface area contributed by atoms with E-state index in [9.17, 15) is 13.2 Å². The molecule has 1 unspecified atom stereocenters. The van der Waals surface area contributed by atoms with E-state index in [2.05, 4.69) is 5.32 Å². The fraction of sp³-hybridized carbons (Fsp3) is 0.562. The number of sulfonamides is 1. The number of nitrogens with zero attached hydrogens (tertiary/aromatic N) is 1. The molecule has 1 aromatic carbocycles. The van der Waals surface area contributed by atoms with Crippen molar-refractivity contribution < 1.29 is 17.9 Å². The van der Waals surface area contributed by atoms with E-state index in [1.165, 1.54) is 11.4 Å². The highest BCUT2D eigenvalue weighted by molar-refractivity contribution is 7.89. The molecule has 134 valence electrons. The first-order valence-corrected chi connectivity index (χ1v) is 9.50. The number of ether oxygens (including phenoxy) is 1. The maximum atomic E-state index is 12.7. The number of methoxy groups -OCH3 is 1. The molecule has 0 aliphatic carbocycles. The Kier molecular flexibility index (Phi) is 6.73. The van der Waals surface area contributed by atoms with Crippen molar-refractivity contribution in [3.8, 4) is 0 Å². The van der Waals surface area contributed by atoms with E-state index in [4.69, 9.17) is 10.5 Å². The number of rotatable bonds is 7. The first kappa shape index (κ1) is 18.9. The summed E-state index contributed by atoms with van der Waals surface area (Å²) < 4.78 is 31.7. The third-order valence-corrected chi connectivity index (χ3v) is 5.90. The zero-order valence-corrected chi connectivity index (χ0v) is 14.7. The molecule has 1 aliphatic heterocycles. The second kappa shape index (κ2) is 8.57. The van der Waals surface area contributed by atoms with Crippen LogP contribution in [0.4, 0.5) is 0 Å². The molecule has 0 saturated carbocycles. The summed E-state index contributed by atoms with van der Waals surface area (Å²) >= 11 is 0. The fourth-order valence-electron chi connectivity index (χ4n) is 2.65. The maximum absolute atomic E-state index is 12.7. The Morgan fingerprint density at radius 3 is 2.71 bits per heavy atom. The van der Waals surface area contributed by atoms with Gasteiger partial charge in [-0.15, -0.1) is 0 Å². The van der Waals surface area contributed by atoms with Crippen LogP contribution >= 0.6 is 0 Å². The van der Waals surface area contributed by atoms with Crippen LogP contribution in [0.5, 0.6) is 0 Å². The summed E-state index contributed by atoms with van der Waals surface area (Å²) in [4.78, 5) is 12.1. The Morgan fingerprint density at radius 1 is 1.33 bits per heavy atom. The van der Waals surface area contributed by atoms with E-state index in [0.717, 1.165) is 19.3 Å². The molecule has 1 aromatic rings. The number of carbonyl (C=O) groups is 1. The number of carbonyl (C=O) groups excluding carboxylic acids is 1. The molecule has 3 N–H and O–H groups in total. The van der Waals surface area contributed by atoms with Gasteiger partial charge in [-0.1, -0.05) is 18.6 Å². The first-order chi connectivity index (χ1) is 11.4. The van der Waals surface area contributed by atoms with Gasteiger partial charge in [0.25, 0.3) is 0 Å². The summed E-state index contributed by atoms with van der Waals surface area (Å²) in [6, 6.07) is 5.91. The zero-order valence-electron chi connectivity index (χ0n) is 13.9. The summed E-state index contributed by atoms with van der Waals surface area (Å²) in [5, 5.41) is 2.69. The number of hydrogen-bond donors (Lipinski definition) is 2. The van der Waals surface area contributed by atoms with Crippen molar-refractivity contribution in [1.82, 2.24) is 9.62 Å². The summed E-state index contributed by atoms with van der Waals surface area (Å²) in [5.74, 6) is -0.332. The molecule has 0 aromatic heterocycles. The Hall–Kier alpha value is -1.48. The van der Waals surface area contributed by atoms with Crippen molar-refractivity contribution in [2.75, 3.05) is 26.8 Å². The SMILES string of the molecule is COCC(N)C(=O)NCc1cccc(S(=O)(=O)N2CCCCC2)c1. The molecule has 8 heteroatoms. The van der Waals surface area contributed by atoms with Crippen molar-refractivity contribution in [3.63, 3.8) is 0 Å². The standard InChI is InChI=1S/C16H25N3O4S/c1-23-12-15(17)16(20)18-11-13-6-5-7-14(10-13)24(21,22)19-8-3-2-4-9-19/h5-7,10,15H,2-4,8-9,11-12,17H2,1H3,(H,18,20). The van der Waals surface area contributed by atoms with Crippen LogP contribution in [-0.4, -0.2) is 51.5 Å². The second-order valence-electron chi connectivity index (χ2n) is 5.89. The second-order valence-corrected chi connectivity index (χ2v) is 7.83. The Labute approximate surface area is 143 Å². The van der Waals surface area contributed by atoms with E-state index < -0.39 is 16.1 Å². The van der Waals surface area contributed by atoms with Crippen molar-refractivity contribution in [3.05, 3.63) is 29.8 Å². The summed E-state index contributed by atoms with van der Waals surface area (Å²) in [6.07, 6.45) is 2.86. The molecule has 1 fully saturated rings. The van der Waals surface area contributed by atoms with E-state index in [1.54, 1.807) is 24.3 Å². The van der Waals surface area contributed by atoms with Gasteiger partial charge in [0.1, 0.15) is 6.04 Å². The molecule has 24 heavy (non-hydrogen) atoms. The van der Waals surface area contributed by atoms with Crippen molar-refractivity contribution in [2.45, 2.75) is 36.7 Å². The quantitative estimate of drug-likeness (QED) is 0.739. The molecule has 2 rings (SSSR count). The molecule has 1 heterocycles. The maximum Gasteiger partial charge on any atom is 0.243 e. The first-order valence-electron chi connectivity index (χ1n) is 8.06. The third-order valence-electron chi connectivity index (χ3n) is 4.00. The van der Waals surface area contributed by atoms with E-state index in [1.807, 2.05) is 0 Å². The third kappa shape index (κ3) is 4.76. The van der Waals surface area contributed by atoms with Crippen LogP contribution in [0.25, 0.3) is 0 Å². The number of benzene rings is 1. The number of amides is 1. The van der Waals surface area contributed by atoms with Gasteiger partial charge in [-0.25, -0.2) is 8.42 Å². The molecular weight excluding hydrogens is 330 g/mol. The molecule has 7 nitrogen and oxygen atoms in total. The summed E-state index contributed by atoms with van der Waals surface area (Å²) in [5.41, 5.74) is 6.36. The van der Waals surface area contributed by atoms with Gasteiger partial charge in [-0.2, -0.15) is 4.31 Å². The van der Waals surface area contributed by atoms with Crippen molar-refractivity contribution in [2.24, 2.45) is 5.73 Å². The average molecular weight is 355 g/mol. The lowest BCUT2D eigenvalue weighted by molar-refractivity contribution is -0.123. The number of hydrogen-bond acceptors (Lipinski definition) is 5. The predicted octanol–water partition coefficient (Wildman–Crippen LogP) is 0.451. The molecular formula is C16H25N3O4S. The monoisotopic (exact) mass is 355 g/mol. The van der Waals surface area contributed by atoms with E-state index in [0.29, 0.717) is 18.7 Å². The Balaban J connectivity index is 2.04. The van der Waals surface area contributed by atoms with Crippen molar-refractivity contribution >= 4 is 15.9 Å². The lowest BCUT2D eigenvalue weighted by Gasteiger charge is -2.26. The molecule has 1 amide bonds. The lowest BCUT2D eigenvalue weighted by Crippen LogP contribution is -2.43. The van der Waals surface area contributed by atoms with Crippen LogP contribution < -0.4 is 11.1 Å². The fourth-order valence-corrected chi connectivity index (χ4v) is 4.23. The average Bonchev–Trinajstić information content (AvgIpc) is 2.61. The molecule has 0 spiro atoms. The zero-order chi connectivity index (χ0) is 17.6. The van der Waals surface area contributed by atoms with Crippen LogP contribution in [0.2, 0.25) is 0 Å². The molecule has 0 radical (unpaired) electrons. The normalized spacial score (nSPS) is 17.4. The number of nitrogens with one attached hydrogen (secondary N) is 1. The summed E-state index contributed by atoms with van der Waals surface area (Å²) in [6.45, 7) is 1.49. The minimum absolute atomic E-state index is 0.134. The van der Waals surface area contributed by atoms with Crippen LogP contribution in [0.1, 0.15) is 24.8 Å². The van der Waals surface area contributed by atoms with Gasteiger partial charge in [0.15, 0.2) is 0 Å². The van der Waals surface area contributed by atoms with Gasteiger partial charge >= 0.3 is 0 Å². The highest BCUT2D eigenvalue weighted by Crippen LogP contribution is 2.21. The lowest BCUT2D eigenvalue weighted by atomic mass is 10.2. The number of nitrogens with two attached hydrogens (primary N) is 1. The van der Waals surface area contributed by atoms with Crippen LogP contribution in [0.3, 0.4) is 0 Å². The van der Waals surface area contributed by atoms with E-state index >= 15 is 0 Å². The summed E-state index contributed by atoms with van der Waals surface area (Å²) in [7, 11) is -2.00. The topological polar surface area (TPSA) is 102 Å². The predicted molar refractivity (Wildman–Crippen MR) is 90.7 cm³/mol. The van der Waals surface area contributed by atoms with Crippen LogP contribution in [0, 0.1) is 0 Å². The largest absolute Gasteiger partial charge is 0.383 e. The van der Waals surface area contributed by atoms with Gasteiger partial charge in [-0.05, 0) is 30.5 Å². The van der Waals surface area contributed by atoms with Crippen LogP contribution in [-0.2, 0) is 26.1 Å². The smallest absolute Gasteiger partial charge is 0.243 e. The van der Waals surface area contributed by atoms with Gasteiger partial charge in [-0.3, -0.25) is 4.79 Å². The van der Waals surface area contributed by atoms with E-state index in [-0.39, 0.29) is 24.0 Å². The number of piperidine rings is 1. The Morgan fingerprint density at radius 2 is 2.04 bits per heavy atom. The Bertz CT molecular complexity index is 657. The van der Waals surface area contributed by atoms with Crippen LogP contribution in [0.15, 0.2) is 29.2 Å². The highest BCUT2D eigenvalue weighted by atomic mass is 32.2. The molecule has 1 aliphatic rings. The molecule has 1 saturated heterocycles. The van der Waals surface area contributed by atoms with Gasteiger partial charge in [0.05, 0.1) is 11.5 Å². The molecule has 0 bridgehead atoms. The highest BCUT2D eigenvalue weighted by Gasteiger charge is 2.26. The molecule has 1 atom stereocenters.